The Morgan fingerprint density at radius 2 is 1.81 bits per heavy atom. The molecule has 0 saturated carbocycles. The molecule has 0 radical (unpaired) electrons. The second-order valence-corrected chi connectivity index (χ2v) is 6.09. The number of hydrogen-bond donors (Lipinski definition) is 1. The van der Waals surface area contributed by atoms with Gasteiger partial charge in [-0.3, -0.25) is 14.9 Å². The summed E-state index contributed by atoms with van der Waals surface area (Å²) in [5.74, 6) is -0.428. The lowest BCUT2D eigenvalue weighted by Crippen LogP contribution is -2.26. The zero-order chi connectivity index (χ0) is 18.5. The highest BCUT2D eigenvalue weighted by Gasteiger charge is 2.15. The van der Waals surface area contributed by atoms with Crippen LogP contribution in [0, 0.1) is 10.1 Å². The average Bonchev–Trinajstić information content (AvgIpc) is 3.17. The number of benzene rings is 2. The van der Waals surface area contributed by atoms with E-state index in [1.165, 1.54) is 18.2 Å². The number of non-ortho nitro benzene ring substituents is 1. The third-order valence-corrected chi connectivity index (χ3v) is 4.27. The maximum Gasteiger partial charge on any atom is 0.270 e. The lowest BCUT2D eigenvalue weighted by atomic mass is 10.1. The van der Waals surface area contributed by atoms with Crippen LogP contribution in [0.5, 0.6) is 0 Å². The number of nitrogens with one attached hydrogen (secondary N) is 1. The molecule has 3 aromatic rings. The molecule has 0 atom stereocenters. The van der Waals surface area contributed by atoms with Crippen molar-refractivity contribution in [1.82, 2.24) is 9.88 Å². The summed E-state index contributed by atoms with van der Waals surface area (Å²) < 4.78 is 2.01. The van der Waals surface area contributed by atoms with Gasteiger partial charge in [0.2, 0.25) is 0 Å². The Morgan fingerprint density at radius 3 is 2.46 bits per heavy atom. The van der Waals surface area contributed by atoms with Crippen molar-refractivity contribution in [3.05, 3.63) is 93.3 Å². The molecule has 3 rings (SSSR count). The molecule has 0 fully saturated rings. The van der Waals surface area contributed by atoms with E-state index in [0.29, 0.717) is 13.0 Å². The van der Waals surface area contributed by atoms with Crippen molar-refractivity contribution >= 4 is 23.2 Å². The second-order valence-electron chi connectivity index (χ2n) is 5.68. The first kappa shape index (κ1) is 17.7. The summed E-state index contributed by atoms with van der Waals surface area (Å²) in [5.41, 5.74) is 2.07. The number of nitro groups is 1. The molecule has 26 heavy (non-hydrogen) atoms. The van der Waals surface area contributed by atoms with E-state index in [0.717, 1.165) is 11.3 Å². The molecular weight excluding hydrogens is 354 g/mol. The van der Waals surface area contributed by atoms with Crippen molar-refractivity contribution < 1.29 is 9.72 Å². The highest BCUT2D eigenvalue weighted by molar-refractivity contribution is 6.33. The summed E-state index contributed by atoms with van der Waals surface area (Å²) in [6.45, 7) is 0.403. The van der Waals surface area contributed by atoms with Crippen LogP contribution in [-0.2, 0) is 6.42 Å². The monoisotopic (exact) mass is 369 g/mol. The van der Waals surface area contributed by atoms with Crippen LogP contribution in [0.3, 0.4) is 0 Å². The van der Waals surface area contributed by atoms with E-state index in [2.05, 4.69) is 5.32 Å². The van der Waals surface area contributed by atoms with E-state index in [1.54, 1.807) is 0 Å². The van der Waals surface area contributed by atoms with Gasteiger partial charge < -0.3 is 9.88 Å². The highest BCUT2D eigenvalue weighted by atomic mass is 35.5. The fourth-order valence-electron chi connectivity index (χ4n) is 2.56. The largest absolute Gasteiger partial charge is 0.352 e. The first-order valence-electron chi connectivity index (χ1n) is 7.99. The van der Waals surface area contributed by atoms with Gasteiger partial charge >= 0.3 is 0 Å². The van der Waals surface area contributed by atoms with Gasteiger partial charge in [-0.1, -0.05) is 23.7 Å². The van der Waals surface area contributed by atoms with Gasteiger partial charge in [0.05, 0.1) is 15.5 Å². The minimum absolute atomic E-state index is 0.101. The number of nitrogens with zero attached hydrogens (tertiary/aromatic N) is 2. The zero-order valence-corrected chi connectivity index (χ0v) is 14.5. The molecule has 132 valence electrons. The summed E-state index contributed by atoms with van der Waals surface area (Å²) in [6.07, 6.45) is 4.58. The molecule has 2 aromatic carbocycles. The number of nitro benzene ring substituents is 1. The third kappa shape index (κ3) is 4.10. The van der Waals surface area contributed by atoms with Crippen molar-refractivity contribution in [3.63, 3.8) is 0 Å². The van der Waals surface area contributed by atoms with Crippen LogP contribution in [0.2, 0.25) is 5.02 Å². The van der Waals surface area contributed by atoms with E-state index >= 15 is 0 Å². The molecule has 1 N–H and O–H groups in total. The van der Waals surface area contributed by atoms with E-state index < -0.39 is 10.8 Å². The minimum atomic E-state index is -0.556. The molecule has 6 nitrogen and oxygen atoms in total. The predicted octanol–water partition coefficient (Wildman–Crippen LogP) is 4.01. The van der Waals surface area contributed by atoms with Crippen LogP contribution < -0.4 is 5.32 Å². The van der Waals surface area contributed by atoms with Gasteiger partial charge in [-0.05, 0) is 42.3 Å². The van der Waals surface area contributed by atoms with E-state index in [1.807, 2.05) is 53.4 Å². The maximum atomic E-state index is 12.2. The van der Waals surface area contributed by atoms with Gasteiger partial charge in [0.15, 0.2) is 0 Å². The lowest BCUT2D eigenvalue weighted by Gasteiger charge is -2.08. The fraction of sp³-hybridized carbons (Fsp3) is 0.105. The SMILES string of the molecule is O=C(NCCc1ccc(-n2cccc2)cc1)c1cc([N+](=O)[O-])ccc1Cl. The number of carbonyl (C=O) groups excluding carboxylic acids is 1. The van der Waals surface area contributed by atoms with Crippen LogP contribution in [0.25, 0.3) is 5.69 Å². The van der Waals surface area contributed by atoms with Crippen LogP contribution in [-0.4, -0.2) is 21.9 Å². The number of carbonyl (C=O) groups is 1. The number of halogens is 1. The van der Waals surface area contributed by atoms with Crippen LogP contribution >= 0.6 is 11.6 Å². The van der Waals surface area contributed by atoms with E-state index in [9.17, 15) is 14.9 Å². The summed E-state index contributed by atoms with van der Waals surface area (Å²) >= 11 is 5.97. The molecule has 1 amide bonds. The first-order chi connectivity index (χ1) is 12.5. The molecule has 0 aliphatic heterocycles. The van der Waals surface area contributed by atoms with Gasteiger partial charge in [-0.15, -0.1) is 0 Å². The number of amides is 1. The third-order valence-electron chi connectivity index (χ3n) is 3.94. The van der Waals surface area contributed by atoms with E-state index in [4.69, 9.17) is 11.6 Å². The standard InChI is InChI=1S/C19H16ClN3O3/c20-18-8-7-16(23(25)26)13-17(18)19(24)21-10-9-14-3-5-15(6-4-14)22-11-1-2-12-22/h1-8,11-13H,9-10H2,(H,21,24). The number of rotatable bonds is 6. The molecule has 0 aliphatic carbocycles. The topological polar surface area (TPSA) is 77.2 Å². The lowest BCUT2D eigenvalue weighted by molar-refractivity contribution is -0.384. The summed E-state index contributed by atoms with van der Waals surface area (Å²) in [5, 5.41) is 13.8. The predicted molar refractivity (Wildman–Crippen MR) is 99.9 cm³/mol. The van der Waals surface area contributed by atoms with Crippen LogP contribution in [0.1, 0.15) is 15.9 Å². The molecule has 7 heteroatoms. The molecule has 0 aliphatic rings. The van der Waals surface area contributed by atoms with Crippen molar-refractivity contribution in [2.45, 2.75) is 6.42 Å². The Bertz CT molecular complexity index is 922. The molecular formula is C19H16ClN3O3. The minimum Gasteiger partial charge on any atom is -0.352 e. The summed E-state index contributed by atoms with van der Waals surface area (Å²) in [4.78, 5) is 22.5. The molecule has 0 saturated heterocycles. The Hall–Kier alpha value is -3.12. The van der Waals surface area contributed by atoms with Crippen LogP contribution in [0.4, 0.5) is 5.69 Å². The Morgan fingerprint density at radius 1 is 1.12 bits per heavy atom. The van der Waals surface area contributed by atoms with Gasteiger partial charge in [0, 0.05) is 36.8 Å². The summed E-state index contributed by atoms with van der Waals surface area (Å²) in [7, 11) is 0. The quantitative estimate of drug-likeness (QED) is 0.526. The van der Waals surface area contributed by atoms with Crippen molar-refractivity contribution in [3.8, 4) is 5.69 Å². The Labute approximate surface area is 155 Å². The number of hydrogen-bond acceptors (Lipinski definition) is 3. The maximum absolute atomic E-state index is 12.2. The Kier molecular flexibility index (Phi) is 5.34. The van der Waals surface area contributed by atoms with Crippen LogP contribution in [0.15, 0.2) is 67.0 Å². The zero-order valence-electron chi connectivity index (χ0n) is 13.8. The molecule has 1 aromatic heterocycles. The smallest absolute Gasteiger partial charge is 0.270 e. The highest BCUT2D eigenvalue weighted by Crippen LogP contribution is 2.22. The van der Waals surface area contributed by atoms with Crippen molar-refractivity contribution in [2.24, 2.45) is 0 Å². The summed E-state index contributed by atoms with van der Waals surface area (Å²) in [6, 6.07) is 15.8. The van der Waals surface area contributed by atoms with Gasteiger partial charge in [0.25, 0.3) is 11.6 Å². The van der Waals surface area contributed by atoms with Crippen molar-refractivity contribution in [2.75, 3.05) is 6.54 Å². The first-order valence-corrected chi connectivity index (χ1v) is 8.37. The Balaban J connectivity index is 1.59. The molecule has 0 spiro atoms. The average molecular weight is 370 g/mol. The molecule has 1 heterocycles. The second kappa shape index (κ2) is 7.84. The molecule has 0 bridgehead atoms. The van der Waals surface area contributed by atoms with Gasteiger partial charge in [-0.2, -0.15) is 0 Å². The number of aromatic nitrogens is 1. The fourth-order valence-corrected chi connectivity index (χ4v) is 2.76. The molecule has 0 unspecified atom stereocenters. The van der Waals surface area contributed by atoms with Crippen molar-refractivity contribution in [1.29, 1.82) is 0 Å². The van der Waals surface area contributed by atoms with E-state index in [-0.39, 0.29) is 16.3 Å². The van der Waals surface area contributed by atoms with Gasteiger partial charge in [0.1, 0.15) is 0 Å². The van der Waals surface area contributed by atoms with Gasteiger partial charge in [-0.25, -0.2) is 0 Å². The normalized spacial score (nSPS) is 10.5.